The minimum absolute atomic E-state index is 0.707. The molecule has 1 fully saturated rings. The number of benzene rings is 1. The largest absolute Gasteiger partial charge is 0.378 e. The third-order valence-corrected chi connectivity index (χ3v) is 4.58. The Bertz CT molecular complexity index is 884. The number of ether oxygens (including phenoxy) is 1. The van der Waals surface area contributed by atoms with Crippen LogP contribution in [0.25, 0.3) is 11.0 Å². The van der Waals surface area contributed by atoms with Crippen molar-refractivity contribution in [2.24, 2.45) is 7.05 Å². The molecule has 0 spiro atoms. The fourth-order valence-electron chi connectivity index (χ4n) is 3.04. The molecule has 0 bridgehead atoms. The Labute approximate surface area is 146 Å². The predicted octanol–water partition coefficient (Wildman–Crippen LogP) is 2.12. The number of hydrogen-bond donors (Lipinski definition) is 1. The molecular weight excluding hydrogens is 316 g/mol. The number of morpholine rings is 1. The van der Waals surface area contributed by atoms with Crippen LogP contribution >= 0.6 is 0 Å². The summed E-state index contributed by atoms with van der Waals surface area (Å²) in [7, 11) is 1.91. The van der Waals surface area contributed by atoms with Crippen LogP contribution in [-0.2, 0) is 18.3 Å². The Morgan fingerprint density at radius 1 is 1.16 bits per heavy atom. The van der Waals surface area contributed by atoms with E-state index in [4.69, 9.17) is 14.7 Å². The zero-order chi connectivity index (χ0) is 17.2. The summed E-state index contributed by atoms with van der Waals surface area (Å²) in [5.41, 5.74) is 3.36. The minimum Gasteiger partial charge on any atom is -0.378 e. The summed E-state index contributed by atoms with van der Waals surface area (Å²) in [6.07, 6.45) is 1.82. The van der Waals surface area contributed by atoms with Crippen molar-refractivity contribution in [1.29, 1.82) is 0 Å². The van der Waals surface area contributed by atoms with E-state index in [2.05, 4.69) is 46.5 Å². The second kappa shape index (κ2) is 6.68. The molecule has 3 aromatic rings. The lowest BCUT2D eigenvalue weighted by atomic mass is 10.1. The second-order valence-electron chi connectivity index (χ2n) is 6.26. The smallest absolute Gasteiger partial charge is 0.229 e. The Morgan fingerprint density at radius 3 is 2.76 bits per heavy atom. The first-order valence-electron chi connectivity index (χ1n) is 8.53. The predicted molar refractivity (Wildman–Crippen MR) is 97.8 cm³/mol. The molecule has 0 radical (unpaired) electrons. The standard InChI is InChI=1S/C18H22N6O/c1-13-5-3-4-6-14(13)11-19-16-15-12-20-23(2)17(15)22-18(21-16)24-7-9-25-10-8-24/h3-6,12H,7-11H2,1-2H3,(H,19,21,22). The van der Waals surface area contributed by atoms with E-state index in [9.17, 15) is 0 Å². The molecule has 1 saturated heterocycles. The third-order valence-electron chi connectivity index (χ3n) is 4.58. The van der Waals surface area contributed by atoms with Crippen molar-refractivity contribution >= 4 is 22.8 Å². The second-order valence-corrected chi connectivity index (χ2v) is 6.26. The number of aryl methyl sites for hydroxylation is 2. The highest BCUT2D eigenvalue weighted by molar-refractivity contribution is 5.87. The molecule has 0 atom stereocenters. The van der Waals surface area contributed by atoms with Gasteiger partial charge < -0.3 is 15.0 Å². The first-order chi connectivity index (χ1) is 12.2. The van der Waals surface area contributed by atoms with Crippen LogP contribution in [0.3, 0.4) is 0 Å². The lowest BCUT2D eigenvalue weighted by Gasteiger charge is -2.27. The van der Waals surface area contributed by atoms with Gasteiger partial charge in [0.05, 0.1) is 24.8 Å². The van der Waals surface area contributed by atoms with Crippen LogP contribution in [0.15, 0.2) is 30.5 Å². The summed E-state index contributed by atoms with van der Waals surface area (Å²) in [5, 5.41) is 8.76. The van der Waals surface area contributed by atoms with Gasteiger partial charge in [-0.1, -0.05) is 24.3 Å². The monoisotopic (exact) mass is 338 g/mol. The summed E-state index contributed by atoms with van der Waals surface area (Å²) in [4.78, 5) is 11.7. The summed E-state index contributed by atoms with van der Waals surface area (Å²) >= 11 is 0. The molecule has 1 N–H and O–H groups in total. The van der Waals surface area contributed by atoms with Crippen LogP contribution in [0.4, 0.5) is 11.8 Å². The van der Waals surface area contributed by atoms with Gasteiger partial charge in [0.15, 0.2) is 5.65 Å². The van der Waals surface area contributed by atoms with E-state index in [1.165, 1.54) is 11.1 Å². The highest BCUT2D eigenvalue weighted by Crippen LogP contribution is 2.24. The number of nitrogens with one attached hydrogen (secondary N) is 1. The van der Waals surface area contributed by atoms with Gasteiger partial charge in [-0.15, -0.1) is 0 Å². The molecular formula is C18H22N6O. The molecule has 130 valence electrons. The average Bonchev–Trinajstić information content (AvgIpc) is 3.03. The maximum Gasteiger partial charge on any atom is 0.229 e. The third kappa shape index (κ3) is 3.15. The fourth-order valence-corrected chi connectivity index (χ4v) is 3.04. The Hall–Kier alpha value is -2.67. The van der Waals surface area contributed by atoms with Crippen LogP contribution in [0, 0.1) is 6.92 Å². The maximum atomic E-state index is 5.44. The molecule has 2 aromatic heterocycles. The Morgan fingerprint density at radius 2 is 1.96 bits per heavy atom. The van der Waals surface area contributed by atoms with Gasteiger partial charge in [0.2, 0.25) is 5.95 Å². The fraction of sp³-hybridized carbons (Fsp3) is 0.389. The average molecular weight is 338 g/mol. The molecule has 0 aliphatic carbocycles. The van der Waals surface area contributed by atoms with Gasteiger partial charge in [-0.2, -0.15) is 15.1 Å². The van der Waals surface area contributed by atoms with E-state index in [0.717, 1.165) is 42.4 Å². The van der Waals surface area contributed by atoms with E-state index in [1.54, 1.807) is 4.68 Å². The topological polar surface area (TPSA) is 68.1 Å². The van der Waals surface area contributed by atoms with Crippen molar-refractivity contribution in [2.45, 2.75) is 13.5 Å². The first kappa shape index (κ1) is 15.8. The van der Waals surface area contributed by atoms with E-state index in [1.807, 2.05) is 13.2 Å². The zero-order valence-corrected chi connectivity index (χ0v) is 14.6. The van der Waals surface area contributed by atoms with Crippen LogP contribution in [0.2, 0.25) is 0 Å². The highest BCUT2D eigenvalue weighted by atomic mass is 16.5. The summed E-state index contributed by atoms with van der Waals surface area (Å²) in [5.74, 6) is 1.55. The SMILES string of the molecule is Cc1ccccc1CNc1nc(N2CCOCC2)nc2c1cnn2C. The van der Waals surface area contributed by atoms with Gasteiger partial charge in [0.25, 0.3) is 0 Å². The van der Waals surface area contributed by atoms with Crippen LogP contribution in [0.1, 0.15) is 11.1 Å². The molecule has 25 heavy (non-hydrogen) atoms. The quantitative estimate of drug-likeness (QED) is 0.786. The lowest BCUT2D eigenvalue weighted by Crippen LogP contribution is -2.37. The normalized spacial score (nSPS) is 14.9. The van der Waals surface area contributed by atoms with Gasteiger partial charge in [-0.3, -0.25) is 4.68 Å². The van der Waals surface area contributed by atoms with Crippen molar-refractivity contribution in [3.63, 3.8) is 0 Å². The molecule has 4 rings (SSSR count). The minimum atomic E-state index is 0.707. The van der Waals surface area contributed by atoms with Crippen LogP contribution in [-0.4, -0.2) is 46.1 Å². The zero-order valence-electron chi connectivity index (χ0n) is 14.6. The van der Waals surface area contributed by atoms with Crippen molar-refractivity contribution in [3.8, 4) is 0 Å². The van der Waals surface area contributed by atoms with E-state index in [0.29, 0.717) is 13.2 Å². The molecule has 0 amide bonds. The number of fused-ring (bicyclic) bond motifs is 1. The molecule has 7 heteroatoms. The van der Waals surface area contributed by atoms with Crippen molar-refractivity contribution in [2.75, 3.05) is 36.5 Å². The number of anilines is 2. The van der Waals surface area contributed by atoms with Crippen molar-refractivity contribution in [1.82, 2.24) is 19.7 Å². The molecule has 7 nitrogen and oxygen atoms in total. The Kier molecular flexibility index (Phi) is 4.23. The molecule has 0 unspecified atom stereocenters. The van der Waals surface area contributed by atoms with E-state index < -0.39 is 0 Å². The highest BCUT2D eigenvalue weighted by Gasteiger charge is 2.18. The number of rotatable bonds is 4. The van der Waals surface area contributed by atoms with Gasteiger partial charge >= 0.3 is 0 Å². The molecule has 1 aliphatic rings. The number of hydrogen-bond acceptors (Lipinski definition) is 6. The van der Waals surface area contributed by atoms with E-state index in [-0.39, 0.29) is 0 Å². The van der Waals surface area contributed by atoms with Crippen LogP contribution in [0.5, 0.6) is 0 Å². The lowest BCUT2D eigenvalue weighted by molar-refractivity contribution is 0.122. The summed E-state index contributed by atoms with van der Waals surface area (Å²) < 4.78 is 7.23. The molecule has 1 aromatic carbocycles. The summed E-state index contributed by atoms with van der Waals surface area (Å²) in [6, 6.07) is 8.37. The molecule has 3 heterocycles. The number of aromatic nitrogens is 4. The van der Waals surface area contributed by atoms with Gasteiger partial charge in [-0.25, -0.2) is 0 Å². The Balaban J connectivity index is 1.67. The van der Waals surface area contributed by atoms with Gasteiger partial charge in [0.1, 0.15) is 5.82 Å². The maximum absolute atomic E-state index is 5.44. The summed E-state index contributed by atoms with van der Waals surface area (Å²) in [6.45, 7) is 5.87. The van der Waals surface area contributed by atoms with Crippen molar-refractivity contribution < 1.29 is 4.74 Å². The van der Waals surface area contributed by atoms with E-state index >= 15 is 0 Å². The van der Waals surface area contributed by atoms with Crippen LogP contribution < -0.4 is 10.2 Å². The van der Waals surface area contributed by atoms with Gasteiger partial charge in [-0.05, 0) is 18.1 Å². The molecule has 0 saturated carbocycles. The molecule has 1 aliphatic heterocycles. The first-order valence-corrected chi connectivity index (χ1v) is 8.53. The van der Waals surface area contributed by atoms with Crippen molar-refractivity contribution in [3.05, 3.63) is 41.6 Å². The van der Waals surface area contributed by atoms with Gasteiger partial charge in [0, 0.05) is 26.7 Å². The number of nitrogens with zero attached hydrogens (tertiary/aromatic N) is 5.